The van der Waals surface area contributed by atoms with Crippen LogP contribution in [0.15, 0.2) is 34.6 Å². The molecule has 0 aromatic rings. The van der Waals surface area contributed by atoms with Crippen molar-refractivity contribution in [3.63, 3.8) is 0 Å². The van der Waals surface area contributed by atoms with Gasteiger partial charge in [0.15, 0.2) is 5.41 Å². The summed E-state index contributed by atoms with van der Waals surface area (Å²) >= 11 is 0. The van der Waals surface area contributed by atoms with Crippen LogP contribution in [0.1, 0.15) is 12.8 Å². The fourth-order valence-electron chi connectivity index (χ4n) is 3.49. The first kappa shape index (κ1) is 17.7. The van der Waals surface area contributed by atoms with E-state index < -0.39 is 31.5 Å². The molecule has 0 aromatic heterocycles. The van der Waals surface area contributed by atoms with E-state index in [1.165, 1.54) is 14.2 Å². The predicted octanol–water partition coefficient (Wildman–Crippen LogP) is 2.14. The summed E-state index contributed by atoms with van der Waals surface area (Å²) in [7, 11) is 0.679. The van der Waals surface area contributed by atoms with Crippen molar-refractivity contribution in [2.75, 3.05) is 14.2 Å². The molecule has 23 heavy (non-hydrogen) atoms. The number of methoxy groups -OCH3 is 2. The van der Waals surface area contributed by atoms with Crippen LogP contribution in [0.4, 0.5) is 0 Å². The minimum atomic E-state index is -1.85. The number of hydrogen-bond acceptors (Lipinski definition) is 5. The van der Waals surface area contributed by atoms with Crippen molar-refractivity contribution in [3.8, 4) is 0 Å². The number of hydrogen-bond donors (Lipinski definition) is 1. The fraction of sp³-hybridized carbons (Fsp3) is 0.529. The van der Waals surface area contributed by atoms with Crippen molar-refractivity contribution in [2.24, 2.45) is 5.41 Å². The second-order valence-corrected chi connectivity index (χ2v) is 12.1. The SMILES string of the molecule is COC(=O)C1(C(=O)OC)C=C2C=CCC(O)C([Si](C)(C)C)=C2C1. The van der Waals surface area contributed by atoms with Gasteiger partial charge in [-0.3, -0.25) is 9.59 Å². The molecule has 0 saturated carbocycles. The second kappa shape index (κ2) is 6.09. The van der Waals surface area contributed by atoms with Gasteiger partial charge < -0.3 is 14.6 Å². The van der Waals surface area contributed by atoms with E-state index in [4.69, 9.17) is 9.47 Å². The fourth-order valence-corrected chi connectivity index (χ4v) is 5.74. The van der Waals surface area contributed by atoms with Crippen LogP contribution in [0.5, 0.6) is 0 Å². The average Bonchev–Trinajstić information content (AvgIpc) is 2.77. The van der Waals surface area contributed by atoms with Crippen molar-refractivity contribution in [3.05, 3.63) is 34.6 Å². The summed E-state index contributed by atoms with van der Waals surface area (Å²) in [6, 6.07) is 0. The van der Waals surface area contributed by atoms with E-state index in [1.54, 1.807) is 6.08 Å². The lowest BCUT2D eigenvalue weighted by molar-refractivity contribution is -0.164. The van der Waals surface area contributed by atoms with Gasteiger partial charge in [-0.1, -0.05) is 31.8 Å². The normalized spacial score (nSPS) is 23.0. The first-order valence-corrected chi connectivity index (χ1v) is 11.2. The van der Waals surface area contributed by atoms with Crippen LogP contribution < -0.4 is 0 Å². The molecule has 1 N–H and O–H groups in total. The Morgan fingerprint density at radius 1 is 1.22 bits per heavy atom. The van der Waals surface area contributed by atoms with Crippen LogP contribution in [0.25, 0.3) is 0 Å². The number of aliphatic hydroxyl groups excluding tert-OH is 1. The molecule has 0 bridgehead atoms. The maximum Gasteiger partial charge on any atom is 0.327 e. The smallest absolute Gasteiger partial charge is 0.327 e. The first-order chi connectivity index (χ1) is 10.7. The minimum Gasteiger partial charge on any atom is -0.468 e. The zero-order valence-corrected chi connectivity index (χ0v) is 15.3. The number of esters is 2. The Balaban J connectivity index is 2.67. The zero-order chi connectivity index (χ0) is 17.4. The van der Waals surface area contributed by atoms with E-state index in [2.05, 4.69) is 19.6 Å². The molecule has 0 heterocycles. The Kier molecular flexibility index (Phi) is 4.68. The molecule has 0 aromatic carbocycles. The third-order valence-corrected chi connectivity index (χ3v) is 6.68. The molecule has 1 atom stereocenters. The third-order valence-electron chi connectivity index (χ3n) is 4.43. The van der Waals surface area contributed by atoms with Gasteiger partial charge in [0.1, 0.15) is 0 Å². The first-order valence-electron chi connectivity index (χ1n) is 7.65. The summed E-state index contributed by atoms with van der Waals surface area (Å²) in [4.78, 5) is 24.7. The van der Waals surface area contributed by atoms with E-state index in [9.17, 15) is 14.7 Å². The lowest BCUT2D eigenvalue weighted by Gasteiger charge is -2.28. The highest BCUT2D eigenvalue weighted by atomic mass is 28.3. The lowest BCUT2D eigenvalue weighted by atomic mass is 9.86. The summed E-state index contributed by atoms with van der Waals surface area (Å²) in [6.45, 7) is 6.45. The molecule has 2 aliphatic rings. The molecule has 0 fully saturated rings. The van der Waals surface area contributed by atoms with Gasteiger partial charge in [-0.15, -0.1) is 0 Å². The standard InChI is InChI=1S/C17H24O5Si/c1-21-15(19)17(16(20)22-2)9-11-7-6-8-13(18)14(12(11)10-17)23(3,4)5/h6-7,9,13,18H,8,10H2,1-5H3. The van der Waals surface area contributed by atoms with Crippen LogP contribution in [0.3, 0.4) is 0 Å². The average molecular weight is 336 g/mol. The lowest BCUT2D eigenvalue weighted by Crippen LogP contribution is -2.39. The summed E-state index contributed by atoms with van der Waals surface area (Å²) < 4.78 is 9.73. The largest absolute Gasteiger partial charge is 0.468 e. The van der Waals surface area contributed by atoms with Gasteiger partial charge >= 0.3 is 11.9 Å². The monoisotopic (exact) mass is 336 g/mol. The highest BCUT2D eigenvalue weighted by Gasteiger charge is 2.52. The van der Waals surface area contributed by atoms with Gasteiger partial charge in [0.2, 0.25) is 0 Å². The molecule has 0 amide bonds. The number of fused-ring (bicyclic) bond motifs is 1. The molecule has 0 aliphatic heterocycles. The number of carbonyl (C=O) groups excluding carboxylic acids is 2. The van der Waals surface area contributed by atoms with Crippen LogP contribution in [-0.4, -0.2) is 45.4 Å². The maximum absolute atomic E-state index is 12.3. The van der Waals surface area contributed by atoms with E-state index >= 15 is 0 Å². The minimum absolute atomic E-state index is 0.183. The Morgan fingerprint density at radius 3 is 2.26 bits per heavy atom. The quantitative estimate of drug-likeness (QED) is 0.486. The molecule has 0 spiro atoms. The Bertz CT molecular complexity index is 605. The second-order valence-electron chi connectivity index (χ2n) is 7.03. The maximum atomic E-state index is 12.3. The van der Waals surface area contributed by atoms with Crippen LogP contribution in [-0.2, 0) is 19.1 Å². The van der Waals surface area contributed by atoms with Gasteiger partial charge in [0.25, 0.3) is 0 Å². The summed E-state index contributed by atoms with van der Waals surface area (Å²) in [5.74, 6) is -1.26. The third kappa shape index (κ3) is 2.93. The van der Waals surface area contributed by atoms with Gasteiger partial charge in [-0.25, -0.2) is 0 Å². The highest BCUT2D eigenvalue weighted by Crippen LogP contribution is 2.46. The van der Waals surface area contributed by atoms with Crippen LogP contribution in [0.2, 0.25) is 19.6 Å². The van der Waals surface area contributed by atoms with Crippen molar-refractivity contribution in [1.29, 1.82) is 0 Å². The number of aliphatic hydroxyl groups is 1. The number of rotatable bonds is 3. The molecule has 5 nitrogen and oxygen atoms in total. The topological polar surface area (TPSA) is 72.8 Å². The van der Waals surface area contributed by atoms with Gasteiger partial charge in [0.05, 0.1) is 28.4 Å². The number of carbonyl (C=O) groups is 2. The Morgan fingerprint density at radius 2 is 1.78 bits per heavy atom. The molecule has 0 saturated heterocycles. The van der Waals surface area contributed by atoms with Gasteiger partial charge in [0, 0.05) is 6.42 Å². The molecule has 2 rings (SSSR count). The molecule has 1 unspecified atom stereocenters. The summed E-state index contributed by atoms with van der Waals surface area (Å²) in [5.41, 5.74) is 0.247. The van der Waals surface area contributed by atoms with Crippen molar-refractivity contribution < 1.29 is 24.2 Å². The Hall–Kier alpha value is -1.66. The molecular formula is C17H24O5Si. The molecule has 126 valence electrons. The van der Waals surface area contributed by atoms with Crippen LogP contribution in [0, 0.1) is 5.41 Å². The predicted molar refractivity (Wildman–Crippen MR) is 89.3 cm³/mol. The van der Waals surface area contributed by atoms with Gasteiger partial charge in [-0.2, -0.15) is 0 Å². The number of ether oxygens (including phenoxy) is 2. The van der Waals surface area contributed by atoms with Crippen molar-refractivity contribution in [2.45, 2.75) is 38.6 Å². The van der Waals surface area contributed by atoms with Crippen LogP contribution >= 0.6 is 0 Å². The highest BCUT2D eigenvalue weighted by molar-refractivity contribution is 6.83. The molecule has 2 aliphatic carbocycles. The van der Waals surface area contributed by atoms with E-state index in [0.29, 0.717) is 6.42 Å². The summed E-state index contributed by atoms with van der Waals surface area (Å²) in [6.07, 6.45) is 5.54. The van der Waals surface area contributed by atoms with E-state index in [1.807, 2.05) is 12.2 Å². The van der Waals surface area contributed by atoms with Crippen molar-refractivity contribution in [1.82, 2.24) is 0 Å². The Labute approximate surface area is 137 Å². The van der Waals surface area contributed by atoms with Crippen molar-refractivity contribution >= 4 is 20.0 Å². The summed E-state index contributed by atoms with van der Waals surface area (Å²) in [5, 5.41) is 11.5. The van der Waals surface area contributed by atoms with E-state index in [0.717, 1.165) is 16.3 Å². The zero-order valence-electron chi connectivity index (χ0n) is 14.3. The number of allylic oxidation sites excluding steroid dienone is 3. The van der Waals surface area contributed by atoms with Gasteiger partial charge in [-0.05, 0) is 28.8 Å². The molecule has 0 radical (unpaired) electrons. The molecule has 6 heteroatoms. The van der Waals surface area contributed by atoms with E-state index in [-0.39, 0.29) is 6.42 Å². The molecular weight excluding hydrogens is 312 g/mol.